The molecule has 0 radical (unpaired) electrons. The predicted octanol–water partition coefficient (Wildman–Crippen LogP) is 2.62. The molecule has 0 aromatic rings. The van der Waals surface area contributed by atoms with Gasteiger partial charge in [-0.05, 0) is 57.7 Å². The van der Waals surface area contributed by atoms with Crippen molar-refractivity contribution < 1.29 is 9.53 Å². The second-order valence-electron chi connectivity index (χ2n) is 6.69. The van der Waals surface area contributed by atoms with Crippen LogP contribution in [0.1, 0.15) is 51.9 Å². The van der Waals surface area contributed by atoms with Crippen LogP contribution in [0.5, 0.6) is 0 Å². The van der Waals surface area contributed by atoms with Crippen LogP contribution in [0.2, 0.25) is 0 Å². The van der Waals surface area contributed by atoms with Gasteiger partial charge in [-0.3, -0.25) is 9.79 Å². The third kappa shape index (κ3) is 12.4. The first-order valence-electron chi connectivity index (χ1n) is 9.39. The summed E-state index contributed by atoms with van der Waals surface area (Å²) in [7, 11) is 3.24. The van der Waals surface area contributed by atoms with E-state index in [9.17, 15) is 4.79 Å². The van der Waals surface area contributed by atoms with Gasteiger partial charge in [-0.15, -0.1) is 24.0 Å². The number of methoxy groups -OCH3 is 1. The summed E-state index contributed by atoms with van der Waals surface area (Å²) in [6.45, 7) is 7.85. The summed E-state index contributed by atoms with van der Waals surface area (Å²) in [5, 5.41) is 6.70. The Bertz CT molecular complexity index is 372. The van der Waals surface area contributed by atoms with Gasteiger partial charge in [0.25, 0.3) is 0 Å². The minimum Gasteiger partial charge on any atom is -0.469 e. The minimum atomic E-state index is -0.122. The van der Waals surface area contributed by atoms with E-state index in [-0.39, 0.29) is 29.9 Å². The number of nitrogens with zero attached hydrogens (tertiary/aromatic N) is 2. The molecule has 0 bridgehead atoms. The molecular formula is C18H37IN4O2. The van der Waals surface area contributed by atoms with E-state index in [2.05, 4.69) is 32.2 Å². The lowest BCUT2D eigenvalue weighted by atomic mass is 9.99. The molecule has 0 aliphatic carbocycles. The van der Waals surface area contributed by atoms with Crippen molar-refractivity contribution in [1.29, 1.82) is 0 Å². The molecule has 0 spiro atoms. The van der Waals surface area contributed by atoms with Crippen molar-refractivity contribution in [3.05, 3.63) is 0 Å². The van der Waals surface area contributed by atoms with Crippen molar-refractivity contribution in [2.75, 3.05) is 46.9 Å². The fourth-order valence-electron chi connectivity index (χ4n) is 2.90. The molecule has 0 aromatic carbocycles. The largest absolute Gasteiger partial charge is 0.469 e. The first kappa shape index (κ1) is 24.4. The zero-order valence-electron chi connectivity index (χ0n) is 16.2. The summed E-state index contributed by atoms with van der Waals surface area (Å²) in [6, 6.07) is 0. The first-order valence-corrected chi connectivity index (χ1v) is 9.39. The van der Waals surface area contributed by atoms with Gasteiger partial charge in [0, 0.05) is 26.6 Å². The normalized spacial score (nSPS) is 16.2. The van der Waals surface area contributed by atoms with E-state index in [1.807, 2.05) is 0 Å². The Morgan fingerprint density at radius 3 is 2.36 bits per heavy atom. The maximum atomic E-state index is 11.0. The molecule has 0 amide bonds. The van der Waals surface area contributed by atoms with Crippen LogP contribution in [0.15, 0.2) is 4.99 Å². The topological polar surface area (TPSA) is 66.0 Å². The highest BCUT2D eigenvalue weighted by Gasteiger charge is 2.14. The van der Waals surface area contributed by atoms with E-state index in [1.54, 1.807) is 7.05 Å². The maximum Gasteiger partial charge on any atom is 0.305 e. The van der Waals surface area contributed by atoms with Gasteiger partial charge in [0.1, 0.15) is 0 Å². The standard InChI is InChI=1S/C18H36N4O2.HI/c1-16-9-14-22(15-10-16)13-7-12-21-18(19-2)20-11-6-4-5-8-17(23)24-3;/h16H,4-15H2,1-3H3,(H2,19,20,21);1H. The number of likely N-dealkylation sites (tertiary alicyclic amines) is 1. The molecule has 1 rings (SSSR count). The quantitative estimate of drug-likeness (QED) is 0.170. The number of carbonyl (C=O) groups excluding carboxylic acids is 1. The molecule has 0 saturated carbocycles. The number of piperidine rings is 1. The predicted molar refractivity (Wildman–Crippen MR) is 115 cm³/mol. The van der Waals surface area contributed by atoms with Gasteiger partial charge in [0.15, 0.2) is 5.96 Å². The summed E-state index contributed by atoms with van der Waals surface area (Å²) in [6.07, 6.45) is 7.27. The monoisotopic (exact) mass is 468 g/mol. The number of rotatable bonds is 10. The molecule has 7 heteroatoms. The number of halogens is 1. The number of guanidine groups is 1. The zero-order valence-corrected chi connectivity index (χ0v) is 18.5. The van der Waals surface area contributed by atoms with Crippen molar-refractivity contribution in [3.63, 3.8) is 0 Å². The minimum absolute atomic E-state index is 0. The van der Waals surface area contributed by atoms with Crippen molar-refractivity contribution in [3.8, 4) is 0 Å². The number of carbonyl (C=O) groups is 1. The molecule has 1 aliphatic heterocycles. The highest BCUT2D eigenvalue weighted by molar-refractivity contribution is 14.0. The number of ether oxygens (including phenoxy) is 1. The second kappa shape index (κ2) is 15.7. The van der Waals surface area contributed by atoms with Crippen LogP contribution in [-0.4, -0.2) is 63.7 Å². The molecule has 1 heterocycles. The van der Waals surface area contributed by atoms with E-state index in [0.717, 1.165) is 50.7 Å². The van der Waals surface area contributed by atoms with Crippen LogP contribution >= 0.6 is 24.0 Å². The van der Waals surface area contributed by atoms with E-state index in [1.165, 1.54) is 39.6 Å². The Kier molecular flexibility index (Phi) is 15.3. The summed E-state index contributed by atoms with van der Waals surface area (Å²) >= 11 is 0. The average molecular weight is 468 g/mol. The molecule has 1 fully saturated rings. The Hall–Kier alpha value is -0.570. The van der Waals surface area contributed by atoms with Crippen LogP contribution in [0.4, 0.5) is 0 Å². The zero-order chi connectivity index (χ0) is 17.6. The fourth-order valence-corrected chi connectivity index (χ4v) is 2.90. The summed E-state index contributed by atoms with van der Waals surface area (Å²) in [5.41, 5.74) is 0. The number of aliphatic imine (C=N–C) groups is 1. The van der Waals surface area contributed by atoms with Gasteiger partial charge in [0.2, 0.25) is 0 Å². The van der Waals surface area contributed by atoms with Crippen molar-refractivity contribution in [2.24, 2.45) is 10.9 Å². The molecule has 0 unspecified atom stereocenters. The van der Waals surface area contributed by atoms with Crippen molar-refractivity contribution in [1.82, 2.24) is 15.5 Å². The van der Waals surface area contributed by atoms with Gasteiger partial charge in [0.05, 0.1) is 7.11 Å². The van der Waals surface area contributed by atoms with E-state index < -0.39 is 0 Å². The molecule has 25 heavy (non-hydrogen) atoms. The highest BCUT2D eigenvalue weighted by Crippen LogP contribution is 2.15. The van der Waals surface area contributed by atoms with E-state index >= 15 is 0 Å². The van der Waals surface area contributed by atoms with Crippen molar-refractivity contribution in [2.45, 2.75) is 51.9 Å². The lowest BCUT2D eigenvalue weighted by Gasteiger charge is -2.30. The average Bonchev–Trinajstić information content (AvgIpc) is 2.60. The van der Waals surface area contributed by atoms with Gasteiger partial charge in [-0.25, -0.2) is 0 Å². The van der Waals surface area contributed by atoms with E-state index in [4.69, 9.17) is 0 Å². The number of hydrogen-bond donors (Lipinski definition) is 2. The number of unbranched alkanes of at least 4 members (excludes halogenated alkanes) is 2. The summed E-state index contributed by atoms with van der Waals surface area (Å²) in [5.74, 6) is 1.65. The Labute approximate surface area is 170 Å². The van der Waals surface area contributed by atoms with Gasteiger partial charge in [-0.1, -0.05) is 13.3 Å². The molecule has 6 nitrogen and oxygen atoms in total. The molecule has 0 aromatic heterocycles. The third-order valence-electron chi connectivity index (χ3n) is 4.62. The molecule has 1 saturated heterocycles. The molecule has 148 valence electrons. The van der Waals surface area contributed by atoms with Crippen LogP contribution in [0.3, 0.4) is 0 Å². The lowest BCUT2D eigenvalue weighted by Crippen LogP contribution is -2.40. The van der Waals surface area contributed by atoms with Crippen LogP contribution in [0.25, 0.3) is 0 Å². The summed E-state index contributed by atoms with van der Waals surface area (Å²) in [4.78, 5) is 17.8. The Morgan fingerprint density at radius 2 is 1.76 bits per heavy atom. The molecule has 2 N–H and O–H groups in total. The highest BCUT2D eigenvalue weighted by atomic mass is 127. The SMILES string of the molecule is CN=C(NCCCCCC(=O)OC)NCCCN1CCC(C)CC1.I. The fraction of sp³-hybridized carbons (Fsp3) is 0.889. The number of esters is 1. The van der Waals surface area contributed by atoms with E-state index in [0.29, 0.717) is 6.42 Å². The van der Waals surface area contributed by atoms with Crippen LogP contribution in [-0.2, 0) is 9.53 Å². The Morgan fingerprint density at radius 1 is 1.12 bits per heavy atom. The van der Waals surface area contributed by atoms with Gasteiger partial charge in [-0.2, -0.15) is 0 Å². The number of nitrogens with one attached hydrogen (secondary N) is 2. The second-order valence-corrected chi connectivity index (χ2v) is 6.69. The maximum absolute atomic E-state index is 11.0. The molecule has 0 atom stereocenters. The van der Waals surface area contributed by atoms with Crippen LogP contribution in [0, 0.1) is 5.92 Å². The third-order valence-corrected chi connectivity index (χ3v) is 4.62. The van der Waals surface area contributed by atoms with Crippen molar-refractivity contribution >= 4 is 35.9 Å². The van der Waals surface area contributed by atoms with Crippen LogP contribution < -0.4 is 10.6 Å². The van der Waals surface area contributed by atoms with Gasteiger partial charge < -0.3 is 20.3 Å². The molecule has 1 aliphatic rings. The molecular weight excluding hydrogens is 431 g/mol. The first-order chi connectivity index (χ1) is 11.7. The Balaban J connectivity index is 0.00000576. The smallest absolute Gasteiger partial charge is 0.305 e. The lowest BCUT2D eigenvalue weighted by molar-refractivity contribution is -0.140. The number of hydrogen-bond acceptors (Lipinski definition) is 4. The van der Waals surface area contributed by atoms with Gasteiger partial charge >= 0.3 is 5.97 Å². The summed E-state index contributed by atoms with van der Waals surface area (Å²) < 4.78 is 4.63.